The molecule has 0 aliphatic carbocycles. The third-order valence-electron chi connectivity index (χ3n) is 3.60. The van der Waals surface area contributed by atoms with Crippen molar-refractivity contribution in [3.8, 4) is 0 Å². The Morgan fingerprint density at radius 3 is 2.43 bits per heavy atom. The molecule has 0 spiro atoms. The van der Waals surface area contributed by atoms with Gasteiger partial charge in [0.2, 0.25) is 10.0 Å². The summed E-state index contributed by atoms with van der Waals surface area (Å²) in [5.74, 6) is -0.161. The Morgan fingerprint density at radius 1 is 1.24 bits per heavy atom. The van der Waals surface area contributed by atoms with Gasteiger partial charge in [-0.25, -0.2) is 17.5 Å². The molecule has 6 heteroatoms. The number of rotatable bonds is 8. The van der Waals surface area contributed by atoms with Crippen LogP contribution in [-0.4, -0.2) is 21.5 Å². The highest BCUT2D eigenvalue weighted by Gasteiger charge is 2.20. The Kier molecular flexibility index (Phi) is 6.77. The molecule has 1 aromatic carbocycles. The van der Waals surface area contributed by atoms with Gasteiger partial charge in [0, 0.05) is 13.1 Å². The van der Waals surface area contributed by atoms with Gasteiger partial charge in [-0.1, -0.05) is 33.8 Å². The van der Waals surface area contributed by atoms with E-state index in [4.69, 9.17) is 0 Å². The summed E-state index contributed by atoms with van der Waals surface area (Å²) in [7, 11) is -3.80. The summed E-state index contributed by atoms with van der Waals surface area (Å²) in [5.41, 5.74) is 0.726. The van der Waals surface area contributed by atoms with Gasteiger partial charge < -0.3 is 5.32 Å². The molecule has 0 heterocycles. The quantitative estimate of drug-likeness (QED) is 0.775. The van der Waals surface area contributed by atoms with E-state index in [1.54, 1.807) is 6.07 Å². The van der Waals surface area contributed by atoms with Crippen molar-refractivity contribution in [1.29, 1.82) is 0 Å². The standard InChI is InChI=1S/C15H25FN2O2S/c1-5-17-10-13-6-7-15(14(16)8-13)21(19,20)18-9-12(4)11(2)3/h6-8,11-12,17-18H,5,9-10H2,1-4H3. The van der Waals surface area contributed by atoms with Gasteiger partial charge in [0.15, 0.2) is 0 Å². The molecule has 0 saturated heterocycles. The van der Waals surface area contributed by atoms with Crippen molar-refractivity contribution in [2.75, 3.05) is 13.1 Å². The average molecular weight is 316 g/mol. The molecule has 4 nitrogen and oxygen atoms in total. The van der Waals surface area contributed by atoms with Crippen LogP contribution in [0, 0.1) is 17.7 Å². The van der Waals surface area contributed by atoms with Gasteiger partial charge >= 0.3 is 0 Å². The number of hydrogen-bond donors (Lipinski definition) is 2. The van der Waals surface area contributed by atoms with E-state index in [-0.39, 0.29) is 10.8 Å². The molecular formula is C15H25FN2O2S. The molecule has 1 atom stereocenters. The first-order chi connectivity index (χ1) is 9.77. The summed E-state index contributed by atoms with van der Waals surface area (Å²) in [5, 5.41) is 3.07. The van der Waals surface area contributed by atoms with E-state index in [0.717, 1.165) is 12.1 Å². The summed E-state index contributed by atoms with van der Waals surface area (Å²) < 4.78 is 40.8. The van der Waals surface area contributed by atoms with Crippen molar-refractivity contribution in [3.05, 3.63) is 29.6 Å². The highest BCUT2D eigenvalue weighted by atomic mass is 32.2. The third-order valence-corrected chi connectivity index (χ3v) is 5.06. The number of nitrogens with one attached hydrogen (secondary N) is 2. The molecule has 0 fully saturated rings. The van der Waals surface area contributed by atoms with Crippen molar-refractivity contribution in [1.82, 2.24) is 10.0 Å². The summed E-state index contributed by atoms with van der Waals surface area (Å²) in [6.45, 7) is 9.56. The SMILES string of the molecule is CCNCc1ccc(S(=O)(=O)NCC(C)C(C)C)c(F)c1. The Morgan fingerprint density at radius 2 is 1.90 bits per heavy atom. The molecule has 2 N–H and O–H groups in total. The first-order valence-electron chi connectivity index (χ1n) is 7.26. The van der Waals surface area contributed by atoms with Crippen LogP contribution in [0.5, 0.6) is 0 Å². The average Bonchev–Trinajstić information content (AvgIpc) is 2.42. The van der Waals surface area contributed by atoms with Crippen LogP contribution >= 0.6 is 0 Å². The van der Waals surface area contributed by atoms with E-state index in [0.29, 0.717) is 19.0 Å². The van der Waals surface area contributed by atoms with Gasteiger partial charge in [-0.15, -0.1) is 0 Å². The number of sulfonamides is 1. The molecule has 1 aromatic rings. The predicted molar refractivity (Wildman–Crippen MR) is 83.0 cm³/mol. The molecule has 21 heavy (non-hydrogen) atoms. The van der Waals surface area contributed by atoms with Crippen LogP contribution in [0.1, 0.15) is 33.3 Å². The lowest BCUT2D eigenvalue weighted by atomic mass is 9.99. The number of halogens is 1. The fraction of sp³-hybridized carbons (Fsp3) is 0.600. The zero-order valence-corrected chi connectivity index (χ0v) is 13.9. The monoisotopic (exact) mass is 316 g/mol. The maximum atomic E-state index is 14.0. The number of hydrogen-bond acceptors (Lipinski definition) is 3. The molecule has 0 aliphatic rings. The van der Waals surface area contributed by atoms with Crippen molar-refractivity contribution in [2.24, 2.45) is 11.8 Å². The van der Waals surface area contributed by atoms with Crippen LogP contribution < -0.4 is 10.0 Å². The first-order valence-corrected chi connectivity index (χ1v) is 8.75. The zero-order valence-electron chi connectivity index (χ0n) is 13.1. The molecule has 1 unspecified atom stereocenters. The normalized spacial score (nSPS) is 13.6. The smallest absolute Gasteiger partial charge is 0.243 e. The summed E-state index contributed by atoms with van der Waals surface area (Å²) >= 11 is 0. The van der Waals surface area contributed by atoms with Gasteiger partial charge in [-0.2, -0.15) is 0 Å². The Hall–Kier alpha value is -0.980. The minimum Gasteiger partial charge on any atom is -0.313 e. The second-order valence-electron chi connectivity index (χ2n) is 5.62. The van der Waals surface area contributed by atoms with Gasteiger partial charge in [0.25, 0.3) is 0 Å². The maximum Gasteiger partial charge on any atom is 0.243 e. The summed E-state index contributed by atoms with van der Waals surface area (Å²) in [6.07, 6.45) is 0. The van der Waals surface area contributed by atoms with Crippen molar-refractivity contribution >= 4 is 10.0 Å². The van der Waals surface area contributed by atoms with Crippen LogP contribution in [0.2, 0.25) is 0 Å². The topological polar surface area (TPSA) is 58.2 Å². The van der Waals surface area contributed by atoms with Gasteiger partial charge in [-0.05, 0) is 36.1 Å². The van der Waals surface area contributed by atoms with Crippen LogP contribution in [-0.2, 0) is 16.6 Å². The predicted octanol–water partition coefficient (Wildman–Crippen LogP) is 2.51. The van der Waals surface area contributed by atoms with E-state index < -0.39 is 15.8 Å². The van der Waals surface area contributed by atoms with Gasteiger partial charge in [-0.3, -0.25) is 0 Å². The van der Waals surface area contributed by atoms with Crippen molar-refractivity contribution in [3.63, 3.8) is 0 Å². The van der Waals surface area contributed by atoms with E-state index in [2.05, 4.69) is 10.0 Å². The highest BCUT2D eigenvalue weighted by Crippen LogP contribution is 2.17. The van der Waals surface area contributed by atoms with Crippen LogP contribution in [0.4, 0.5) is 4.39 Å². The molecule has 0 radical (unpaired) electrons. The Labute approximate surface area is 127 Å². The van der Waals surface area contributed by atoms with Crippen LogP contribution in [0.3, 0.4) is 0 Å². The van der Waals surface area contributed by atoms with E-state index in [1.165, 1.54) is 12.1 Å². The molecule has 0 saturated carbocycles. The summed E-state index contributed by atoms with van der Waals surface area (Å²) in [6, 6.07) is 4.22. The molecule has 0 aliphatic heterocycles. The summed E-state index contributed by atoms with van der Waals surface area (Å²) in [4.78, 5) is -0.293. The lowest BCUT2D eigenvalue weighted by Crippen LogP contribution is -2.30. The van der Waals surface area contributed by atoms with Gasteiger partial charge in [0.05, 0.1) is 0 Å². The molecule has 1 rings (SSSR count). The molecular weight excluding hydrogens is 291 g/mol. The highest BCUT2D eigenvalue weighted by molar-refractivity contribution is 7.89. The Bertz CT molecular complexity index is 559. The number of benzene rings is 1. The second-order valence-corrected chi connectivity index (χ2v) is 7.35. The largest absolute Gasteiger partial charge is 0.313 e. The van der Waals surface area contributed by atoms with Gasteiger partial charge in [0.1, 0.15) is 10.7 Å². The van der Waals surface area contributed by atoms with Crippen LogP contribution in [0.15, 0.2) is 23.1 Å². The molecule has 120 valence electrons. The van der Waals surface area contributed by atoms with Crippen LogP contribution in [0.25, 0.3) is 0 Å². The van der Waals surface area contributed by atoms with Crippen molar-refractivity contribution < 1.29 is 12.8 Å². The lowest BCUT2D eigenvalue weighted by molar-refractivity contribution is 0.414. The Balaban J connectivity index is 2.83. The van der Waals surface area contributed by atoms with Crippen molar-refractivity contribution in [2.45, 2.75) is 39.1 Å². The second kappa shape index (κ2) is 7.87. The third kappa shape index (κ3) is 5.37. The molecule has 0 amide bonds. The minimum absolute atomic E-state index is 0.191. The fourth-order valence-electron chi connectivity index (χ4n) is 1.70. The van der Waals surface area contributed by atoms with E-state index in [1.807, 2.05) is 27.7 Å². The molecule has 0 aromatic heterocycles. The molecule has 0 bridgehead atoms. The fourth-order valence-corrected chi connectivity index (χ4v) is 2.90. The minimum atomic E-state index is -3.80. The first kappa shape index (κ1) is 18.1. The lowest BCUT2D eigenvalue weighted by Gasteiger charge is -2.16. The van der Waals surface area contributed by atoms with E-state index >= 15 is 0 Å². The maximum absolute atomic E-state index is 14.0. The van der Waals surface area contributed by atoms with E-state index in [9.17, 15) is 12.8 Å². The zero-order chi connectivity index (χ0) is 16.0.